The van der Waals surface area contributed by atoms with E-state index in [0.29, 0.717) is 13.2 Å². The smallest absolute Gasteiger partial charge is 0.372 e. The van der Waals surface area contributed by atoms with Gasteiger partial charge in [-0.2, -0.15) is 14.4 Å². The average Bonchev–Trinajstić information content (AvgIpc) is 2.49. The van der Waals surface area contributed by atoms with Crippen molar-refractivity contribution in [3.63, 3.8) is 0 Å². The van der Waals surface area contributed by atoms with E-state index in [2.05, 4.69) is 6.07 Å². The maximum absolute atomic E-state index is 11.4. The summed E-state index contributed by atoms with van der Waals surface area (Å²) in [5.74, 6) is -0.243. The van der Waals surface area contributed by atoms with Crippen LogP contribution < -0.4 is 9.13 Å². The molecule has 2 aromatic rings. The second-order valence-electron chi connectivity index (χ2n) is 4.48. The number of carbonyl (C=O) groups excluding carboxylic acids is 1. The van der Waals surface area contributed by atoms with E-state index in [-0.39, 0.29) is 12.5 Å². The number of nitriles is 1. The third kappa shape index (κ3) is 4.11. The SMILES string of the molecule is CCOC(=O)C[n+]1ccc(-c2cc[n+](CC#N)cc2)cc1. The Morgan fingerprint density at radius 1 is 1.10 bits per heavy atom. The van der Waals surface area contributed by atoms with E-state index >= 15 is 0 Å². The first-order valence-corrected chi connectivity index (χ1v) is 6.74. The van der Waals surface area contributed by atoms with Crippen LogP contribution in [-0.2, 0) is 22.6 Å². The Kier molecular flexibility index (Phi) is 4.99. The topological polar surface area (TPSA) is 57.9 Å². The Labute approximate surface area is 123 Å². The molecule has 5 nitrogen and oxygen atoms in total. The quantitative estimate of drug-likeness (QED) is 0.608. The number of nitrogens with zero attached hydrogens (tertiary/aromatic N) is 3. The summed E-state index contributed by atoms with van der Waals surface area (Å²) < 4.78 is 8.50. The van der Waals surface area contributed by atoms with Crippen molar-refractivity contribution >= 4 is 5.97 Å². The lowest BCUT2D eigenvalue weighted by atomic mass is 10.1. The predicted octanol–water partition coefficient (Wildman–Crippen LogP) is 1.02. The number of pyridine rings is 2. The van der Waals surface area contributed by atoms with Crippen molar-refractivity contribution in [3.05, 3.63) is 49.1 Å². The Hall–Kier alpha value is -2.74. The molecular weight excluding hydrogens is 266 g/mol. The van der Waals surface area contributed by atoms with Crippen LogP contribution in [0.25, 0.3) is 11.1 Å². The Balaban J connectivity index is 2.08. The molecule has 0 aliphatic rings. The second-order valence-corrected chi connectivity index (χ2v) is 4.48. The van der Waals surface area contributed by atoms with E-state index < -0.39 is 0 Å². The third-order valence-electron chi connectivity index (χ3n) is 2.99. The van der Waals surface area contributed by atoms with Gasteiger partial charge >= 0.3 is 5.97 Å². The molecule has 0 aliphatic heterocycles. The Morgan fingerprint density at radius 3 is 2.10 bits per heavy atom. The molecule has 0 saturated heterocycles. The summed E-state index contributed by atoms with van der Waals surface area (Å²) in [6.07, 6.45) is 7.45. The molecule has 106 valence electrons. The summed E-state index contributed by atoms with van der Waals surface area (Å²) in [7, 11) is 0. The van der Waals surface area contributed by atoms with Gasteiger partial charge in [-0.15, -0.1) is 0 Å². The van der Waals surface area contributed by atoms with Crippen molar-refractivity contribution < 1.29 is 18.7 Å². The Morgan fingerprint density at radius 2 is 1.62 bits per heavy atom. The third-order valence-corrected chi connectivity index (χ3v) is 2.99. The zero-order chi connectivity index (χ0) is 15.1. The first kappa shape index (κ1) is 14.7. The monoisotopic (exact) mass is 283 g/mol. The van der Waals surface area contributed by atoms with Gasteiger partial charge in [-0.1, -0.05) is 0 Å². The molecule has 2 rings (SSSR count). The first-order chi connectivity index (χ1) is 10.2. The minimum absolute atomic E-state index is 0.213. The molecule has 0 spiro atoms. The highest BCUT2D eigenvalue weighted by atomic mass is 16.5. The first-order valence-electron chi connectivity index (χ1n) is 6.74. The maximum Gasteiger partial charge on any atom is 0.372 e. The van der Waals surface area contributed by atoms with E-state index in [0.717, 1.165) is 11.1 Å². The fraction of sp³-hybridized carbons (Fsp3) is 0.250. The molecule has 0 fully saturated rings. The lowest BCUT2D eigenvalue weighted by Crippen LogP contribution is -2.37. The minimum atomic E-state index is -0.243. The van der Waals surface area contributed by atoms with Gasteiger partial charge in [-0.05, 0) is 18.1 Å². The van der Waals surface area contributed by atoms with Crippen LogP contribution in [0.2, 0.25) is 0 Å². The summed E-state index contributed by atoms with van der Waals surface area (Å²) in [6.45, 7) is 2.74. The highest BCUT2D eigenvalue weighted by Gasteiger charge is 2.10. The highest BCUT2D eigenvalue weighted by Crippen LogP contribution is 2.15. The van der Waals surface area contributed by atoms with Crippen molar-refractivity contribution in [1.29, 1.82) is 5.26 Å². The molecule has 0 amide bonds. The van der Waals surface area contributed by atoms with Gasteiger partial charge < -0.3 is 4.74 Å². The van der Waals surface area contributed by atoms with E-state index in [4.69, 9.17) is 10.00 Å². The van der Waals surface area contributed by atoms with E-state index in [1.165, 1.54) is 0 Å². The lowest BCUT2D eigenvalue weighted by molar-refractivity contribution is -0.686. The molecule has 0 N–H and O–H groups in total. The van der Waals surface area contributed by atoms with Gasteiger partial charge in [0.15, 0.2) is 24.8 Å². The van der Waals surface area contributed by atoms with Crippen LogP contribution in [0.15, 0.2) is 49.1 Å². The molecule has 0 aliphatic carbocycles. The van der Waals surface area contributed by atoms with E-state index in [1.54, 1.807) is 11.5 Å². The van der Waals surface area contributed by atoms with Crippen LogP contribution in [0.3, 0.4) is 0 Å². The number of carbonyl (C=O) groups is 1. The van der Waals surface area contributed by atoms with E-state index in [1.807, 2.05) is 53.6 Å². The average molecular weight is 283 g/mol. The van der Waals surface area contributed by atoms with Gasteiger partial charge in [0.05, 0.1) is 6.61 Å². The molecular formula is C16H17N3O2+2. The number of esters is 1. The summed E-state index contributed by atoms with van der Waals surface area (Å²) in [5, 5.41) is 8.64. The number of hydrogen-bond acceptors (Lipinski definition) is 3. The summed E-state index contributed by atoms with van der Waals surface area (Å²) in [5.41, 5.74) is 2.12. The molecule has 21 heavy (non-hydrogen) atoms. The molecule has 0 unspecified atom stereocenters. The van der Waals surface area contributed by atoms with Crippen LogP contribution in [-0.4, -0.2) is 12.6 Å². The Bertz CT molecular complexity index is 643. The number of rotatable bonds is 5. The van der Waals surface area contributed by atoms with Gasteiger partial charge in [0, 0.05) is 24.3 Å². The summed E-state index contributed by atoms with van der Waals surface area (Å²) in [4.78, 5) is 11.4. The molecule has 0 radical (unpaired) electrons. The van der Waals surface area contributed by atoms with Crippen LogP contribution in [0.5, 0.6) is 0 Å². The van der Waals surface area contributed by atoms with Gasteiger partial charge in [0.25, 0.3) is 0 Å². The normalized spacial score (nSPS) is 9.90. The van der Waals surface area contributed by atoms with Gasteiger partial charge in [-0.25, -0.2) is 4.79 Å². The van der Waals surface area contributed by atoms with Gasteiger partial charge in [0.2, 0.25) is 13.1 Å². The zero-order valence-corrected chi connectivity index (χ0v) is 11.9. The van der Waals surface area contributed by atoms with Crippen molar-refractivity contribution in [2.75, 3.05) is 6.61 Å². The zero-order valence-electron chi connectivity index (χ0n) is 11.9. The molecule has 0 aromatic carbocycles. The molecule has 0 atom stereocenters. The number of aromatic nitrogens is 2. The fourth-order valence-electron chi connectivity index (χ4n) is 1.95. The van der Waals surface area contributed by atoms with Crippen molar-refractivity contribution in [2.45, 2.75) is 20.0 Å². The second kappa shape index (κ2) is 7.15. The molecule has 0 saturated carbocycles. The number of ether oxygens (including phenoxy) is 1. The molecule has 2 aromatic heterocycles. The van der Waals surface area contributed by atoms with Crippen molar-refractivity contribution in [1.82, 2.24) is 0 Å². The van der Waals surface area contributed by atoms with Crippen LogP contribution in [0, 0.1) is 11.3 Å². The van der Waals surface area contributed by atoms with Crippen LogP contribution >= 0.6 is 0 Å². The standard InChI is InChI=1S/C16H17N3O2/c1-2-21-16(20)13-19-10-5-15(6-11-19)14-3-8-18(9-4-14)12-7-17/h3-6,8-11H,2,12-13H2,1H3/q+2. The van der Waals surface area contributed by atoms with Crippen molar-refractivity contribution in [3.8, 4) is 17.2 Å². The highest BCUT2D eigenvalue weighted by molar-refractivity contribution is 5.67. The van der Waals surface area contributed by atoms with Gasteiger partial charge in [-0.3, -0.25) is 0 Å². The molecule has 5 heteroatoms. The molecule has 0 bridgehead atoms. The summed E-state index contributed by atoms with van der Waals surface area (Å²) >= 11 is 0. The van der Waals surface area contributed by atoms with Crippen LogP contribution in [0.4, 0.5) is 0 Å². The van der Waals surface area contributed by atoms with Crippen molar-refractivity contribution in [2.24, 2.45) is 0 Å². The lowest BCUT2D eigenvalue weighted by Gasteiger charge is -2.01. The summed E-state index contributed by atoms with van der Waals surface area (Å²) in [6, 6.07) is 9.91. The fourth-order valence-corrected chi connectivity index (χ4v) is 1.95. The van der Waals surface area contributed by atoms with Gasteiger partial charge in [0.1, 0.15) is 6.07 Å². The number of hydrogen-bond donors (Lipinski definition) is 0. The molecule has 2 heterocycles. The minimum Gasteiger partial charge on any atom is -0.461 e. The maximum atomic E-state index is 11.4. The van der Waals surface area contributed by atoms with Crippen LogP contribution in [0.1, 0.15) is 6.92 Å². The predicted molar refractivity (Wildman–Crippen MR) is 74.5 cm³/mol. The van der Waals surface area contributed by atoms with E-state index in [9.17, 15) is 4.79 Å². The largest absolute Gasteiger partial charge is 0.461 e.